The summed E-state index contributed by atoms with van der Waals surface area (Å²) in [7, 11) is 2.13. The molecule has 1 aromatic rings. The van der Waals surface area contributed by atoms with Gasteiger partial charge in [0.2, 0.25) is 5.95 Å². The fourth-order valence-corrected chi connectivity index (χ4v) is 1.88. The summed E-state index contributed by atoms with van der Waals surface area (Å²) >= 11 is 0. The molecule has 0 aliphatic carbocycles. The van der Waals surface area contributed by atoms with Gasteiger partial charge in [0.15, 0.2) is 0 Å². The Kier molecular flexibility index (Phi) is 4.16. The van der Waals surface area contributed by atoms with Crippen molar-refractivity contribution >= 4 is 17.6 Å². The number of piperazine rings is 1. The van der Waals surface area contributed by atoms with Gasteiger partial charge in [-0.1, -0.05) is 0 Å². The van der Waals surface area contributed by atoms with Crippen molar-refractivity contribution in [1.29, 1.82) is 0 Å². The monoisotopic (exact) mass is 251 g/mol. The second-order valence-electron chi connectivity index (χ2n) is 4.43. The van der Waals surface area contributed by atoms with Crippen molar-refractivity contribution in [3.05, 3.63) is 6.07 Å². The van der Waals surface area contributed by atoms with Crippen LogP contribution >= 0.6 is 0 Å². The van der Waals surface area contributed by atoms with Crippen molar-refractivity contribution in [3.8, 4) is 0 Å². The zero-order chi connectivity index (χ0) is 13.0. The van der Waals surface area contributed by atoms with Crippen LogP contribution in [0.15, 0.2) is 6.07 Å². The average molecular weight is 251 g/mol. The van der Waals surface area contributed by atoms with E-state index in [0.717, 1.165) is 44.4 Å². The highest BCUT2D eigenvalue weighted by Gasteiger charge is 2.14. The molecule has 1 saturated heterocycles. The molecule has 2 heterocycles. The first-order valence-corrected chi connectivity index (χ1v) is 6.26. The number of nitrogens with one attached hydrogen (secondary N) is 2. The minimum atomic E-state index is 0.282. The largest absolute Gasteiger partial charge is 0.370 e. The van der Waals surface area contributed by atoms with E-state index in [1.165, 1.54) is 0 Å². The second-order valence-corrected chi connectivity index (χ2v) is 4.43. The molecule has 100 valence electrons. The number of hydrazine groups is 1. The van der Waals surface area contributed by atoms with E-state index < -0.39 is 0 Å². The van der Waals surface area contributed by atoms with Crippen LogP contribution < -0.4 is 16.5 Å². The van der Waals surface area contributed by atoms with Crippen molar-refractivity contribution in [3.63, 3.8) is 0 Å². The van der Waals surface area contributed by atoms with Crippen LogP contribution in [-0.2, 0) is 0 Å². The van der Waals surface area contributed by atoms with Gasteiger partial charge in [-0.2, -0.15) is 9.97 Å². The van der Waals surface area contributed by atoms with Gasteiger partial charge in [0.1, 0.15) is 11.6 Å². The average Bonchev–Trinajstić information content (AvgIpc) is 2.32. The highest BCUT2D eigenvalue weighted by atomic mass is 15.5. The Hall–Kier alpha value is -1.60. The number of rotatable bonds is 4. The summed E-state index contributed by atoms with van der Waals surface area (Å²) in [5, 5.41) is 5.29. The van der Waals surface area contributed by atoms with E-state index in [2.05, 4.69) is 37.7 Å². The maximum atomic E-state index is 5.69. The Balaban J connectivity index is 2.00. The molecule has 0 amide bonds. The maximum absolute atomic E-state index is 5.69. The summed E-state index contributed by atoms with van der Waals surface area (Å²) in [6.45, 7) is 6.87. The number of anilines is 3. The van der Waals surface area contributed by atoms with E-state index in [1.54, 1.807) is 0 Å². The third-order valence-electron chi connectivity index (χ3n) is 2.88. The Bertz CT molecular complexity index is 387. The van der Waals surface area contributed by atoms with Gasteiger partial charge in [0, 0.05) is 38.8 Å². The smallest absolute Gasteiger partial charge is 0.223 e. The number of nitrogen functional groups attached to an aromatic ring is 1. The summed E-state index contributed by atoms with van der Waals surface area (Å²) in [4.78, 5) is 10.6. The molecule has 0 atom stereocenters. The van der Waals surface area contributed by atoms with Crippen LogP contribution in [-0.4, -0.2) is 59.6 Å². The summed E-state index contributed by atoms with van der Waals surface area (Å²) in [6.07, 6.45) is 0. The molecule has 0 radical (unpaired) electrons. The molecule has 1 fully saturated rings. The first-order chi connectivity index (χ1) is 8.67. The molecule has 1 aliphatic heterocycles. The molecule has 0 spiro atoms. The summed E-state index contributed by atoms with van der Waals surface area (Å²) < 4.78 is 0. The Morgan fingerprint density at radius 3 is 2.56 bits per heavy atom. The normalized spacial score (nSPS) is 17.7. The fraction of sp³-hybridized carbons (Fsp3) is 0.636. The highest BCUT2D eigenvalue weighted by Crippen LogP contribution is 2.13. The van der Waals surface area contributed by atoms with Gasteiger partial charge in [0.25, 0.3) is 0 Å². The minimum Gasteiger partial charge on any atom is -0.370 e. The topological polar surface area (TPSA) is 82.3 Å². The van der Waals surface area contributed by atoms with Gasteiger partial charge in [-0.25, -0.2) is 5.01 Å². The predicted molar refractivity (Wildman–Crippen MR) is 73.3 cm³/mol. The van der Waals surface area contributed by atoms with E-state index in [9.17, 15) is 0 Å². The number of aromatic nitrogens is 2. The van der Waals surface area contributed by atoms with Gasteiger partial charge >= 0.3 is 0 Å². The molecule has 0 unspecified atom stereocenters. The second kappa shape index (κ2) is 5.83. The summed E-state index contributed by atoms with van der Waals surface area (Å²) in [5.74, 6) is 1.77. The molecule has 18 heavy (non-hydrogen) atoms. The molecule has 1 aliphatic rings. The van der Waals surface area contributed by atoms with Gasteiger partial charge in [-0.15, -0.1) is 0 Å². The molecular weight excluding hydrogens is 230 g/mol. The lowest BCUT2D eigenvalue weighted by Gasteiger charge is -2.32. The zero-order valence-corrected chi connectivity index (χ0v) is 11.0. The van der Waals surface area contributed by atoms with Crippen molar-refractivity contribution in [2.75, 3.05) is 56.2 Å². The van der Waals surface area contributed by atoms with Gasteiger partial charge in [-0.3, -0.25) is 0 Å². The molecule has 0 saturated carbocycles. The van der Waals surface area contributed by atoms with Gasteiger partial charge in [0.05, 0.1) is 0 Å². The molecule has 0 aromatic carbocycles. The molecular formula is C11H21N7. The molecule has 4 N–H and O–H groups in total. The first-order valence-electron chi connectivity index (χ1n) is 6.26. The minimum absolute atomic E-state index is 0.282. The van der Waals surface area contributed by atoms with Crippen molar-refractivity contribution in [1.82, 2.24) is 19.9 Å². The van der Waals surface area contributed by atoms with Crippen LogP contribution in [0.1, 0.15) is 6.92 Å². The number of hydrogen-bond donors (Lipinski definition) is 3. The van der Waals surface area contributed by atoms with Crippen LogP contribution in [0.25, 0.3) is 0 Å². The standard InChI is InChI=1S/C11H21N7/c1-3-13-9-8-10(15-11(12)14-9)16-18-6-4-17(2)5-7-18/h8H,3-7H2,1-2H3,(H4,12,13,14,15,16). The fourth-order valence-electron chi connectivity index (χ4n) is 1.88. The Labute approximate surface area is 107 Å². The number of nitrogens with two attached hydrogens (primary N) is 1. The summed E-state index contributed by atoms with van der Waals surface area (Å²) in [5.41, 5.74) is 8.96. The van der Waals surface area contributed by atoms with Crippen LogP contribution in [0.4, 0.5) is 17.6 Å². The number of nitrogens with zero attached hydrogens (tertiary/aromatic N) is 4. The Morgan fingerprint density at radius 2 is 1.89 bits per heavy atom. The molecule has 7 heteroatoms. The molecule has 1 aromatic heterocycles. The lowest BCUT2D eigenvalue weighted by Crippen LogP contribution is -2.47. The number of hydrogen-bond acceptors (Lipinski definition) is 7. The SMILES string of the molecule is CCNc1cc(NN2CCN(C)CC2)nc(N)n1. The molecule has 2 rings (SSSR count). The van der Waals surface area contributed by atoms with Crippen LogP contribution in [0.5, 0.6) is 0 Å². The van der Waals surface area contributed by atoms with Gasteiger partial charge < -0.3 is 21.4 Å². The summed E-state index contributed by atoms with van der Waals surface area (Å²) in [6, 6.07) is 1.87. The van der Waals surface area contributed by atoms with Gasteiger partial charge in [-0.05, 0) is 14.0 Å². The Morgan fingerprint density at radius 1 is 1.22 bits per heavy atom. The highest BCUT2D eigenvalue weighted by molar-refractivity contribution is 5.50. The van der Waals surface area contributed by atoms with E-state index in [4.69, 9.17) is 5.73 Å². The van der Waals surface area contributed by atoms with E-state index >= 15 is 0 Å². The van der Waals surface area contributed by atoms with Crippen LogP contribution in [0, 0.1) is 0 Å². The van der Waals surface area contributed by atoms with Crippen LogP contribution in [0.2, 0.25) is 0 Å². The third kappa shape index (κ3) is 3.44. The zero-order valence-electron chi connectivity index (χ0n) is 11.0. The lowest BCUT2D eigenvalue weighted by molar-refractivity contribution is 0.178. The maximum Gasteiger partial charge on any atom is 0.223 e. The lowest BCUT2D eigenvalue weighted by atomic mass is 10.4. The molecule has 0 bridgehead atoms. The van der Waals surface area contributed by atoms with Crippen LogP contribution in [0.3, 0.4) is 0 Å². The molecule has 7 nitrogen and oxygen atoms in total. The quantitative estimate of drug-likeness (QED) is 0.698. The third-order valence-corrected chi connectivity index (χ3v) is 2.88. The predicted octanol–water partition coefficient (Wildman–Crippen LogP) is 0.0649. The van der Waals surface area contributed by atoms with E-state index in [0.29, 0.717) is 0 Å². The van der Waals surface area contributed by atoms with E-state index in [-0.39, 0.29) is 5.95 Å². The van der Waals surface area contributed by atoms with Crippen molar-refractivity contribution in [2.24, 2.45) is 0 Å². The van der Waals surface area contributed by atoms with Crippen molar-refractivity contribution < 1.29 is 0 Å². The van der Waals surface area contributed by atoms with E-state index in [1.807, 2.05) is 13.0 Å². The first kappa shape index (κ1) is 12.8. The van der Waals surface area contributed by atoms with Crippen molar-refractivity contribution in [2.45, 2.75) is 6.92 Å². The number of likely N-dealkylation sites (N-methyl/N-ethyl adjacent to an activating group) is 1.